The summed E-state index contributed by atoms with van der Waals surface area (Å²) in [4.78, 5) is 21.7. The molecule has 0 aromatic heterocycles. The van der Waals surface area contributed by atoms with Crippen LogP contribution in [0.1, 0.15) is 18.1 Å². The summed E-state index contributed by atoms with van der Waals surface area (Å²) < 4.78 is 4.72. The highest BCUT2D eigenvalue weighted by Gasteiger charge is 2.07. The van der Waals surface area contributed by atoms with E-state index in [0.29, 0.717) is 12.2 Å². The lowest BCUT2D eigenvalue weighted by atomic mass is 10.0. The predicted octanol–water partition coefficient (Wildman–Crippen LogP) is 1.56. The van der Waals surface area contributed by atoms with Gasteiger partial charge in [0.25, 0.3) is 0 Å². The number of benzene rings is 1. The Morgan fingerprint density at radius 1 is 1.29 bits per heavy atom. The lowest BCUT2D eigenvalue weighted by Gasteiger charge is -2.09. The van der Waals surface area contributed by atoms with Crippen LogP contribution < -0.4 is 5.32 Å². The molecule has 2 N–H and O–H groups in total. The molecule has 0 heterocycles. The Morgan fingerprint density at radius 3 is 2.53 bits per heavy atom. The highest BCUT2D eigenvalue weighted by molar-refractivity contribution is 5.71. The molecule has 0 aliphatic carbocycles. The smallest absolute Gasteiger partial charge is 0.407 e. The first kappa shape index (κ1) is 13.0. The van der Waals surface area contributed by atoms with Crippen molar-refractivity contribution in [3.8, 4) is 0 Å². The van der Waals surface area contributed by atoms with Gasteiger partial charge in [0.1, 0.15) is 0 Å². The van der Waals surface area contributed by atoms with E-state index in [1.54, 1.807) is 31.2 Å². The molecular formula is C12H15NO4. The summed E-state index contributed by atoms with van der Waals surface area (Å²) in [6.45, 7) is 2.29. The van der Waals surface area contributed by atoms with Crippen LogP contribution in [0.5, 0.6) is 0 Å². The van der Waals surface area contributed by atoms with Crippen molar-refractivity contribution >= 4 is 12.1 Å². The molecule has 5 heteroatoms. The van der Waals surface area contributed by atoms with Crippen LogP contribution in [-0.4, -0.2) is 23.8 Å². The second-order valence-electron chi connectivity index (χ2n) is 3.41. The summed E-state index contributed by atoms with van der Waals surface area (Å²) >= 11 is 0. The zero-order valence-electron chi connectivity index (χ0n) is 9.60. The number of aliphatic carboxylic acids is 1. The summed E-state index contributed by atoms with van der Waals surface area (Å²) in [7, 11) is 0. The molecule has 92 valence electrons. The standard InChI is InChI=1S/C12H15NO4/c1-2-17-12(16)13-8-10-6-4-3-5-9(10)7-11(14)15/h3-6H,2,7-8H2,1H3,(H,13,16)(H,14,15). The van der Waals surface area contributed by atoms with Crippen LogP contribution in [0, 0.1) is 0 Å². The largest absolute Gasteiger partial charge is 0.481 e. The number of ether oxygens (including phenoxy) is 1. The van der Waals surface area contributed by atoms with Gasteiger partial charge in [-0.2, -0.15) is 0 Å². The van der Waals surface area contributed by atoms with Crippen LogP contribution in [0.15, 0.2) is 24.3 Å². The molecule has 0 aliphatic heterocycles. The molecule has 0 fully saturated rings. The van der Waals surface area contributed by atoms with Gasteiger partial charge in [0.05, 0.1) is 13.0 Å². The van der Waals surface area contributed by atoms with Gasteiger partial charge in [-0.05, 0) is 18.1 Å². The molecule has 0 saturated heterocycles. The Balaban J connectivity index is 2.63. The molecule has 1 aromatic carbocycles. The number of carboxylic acid groups (broad SMARTS) is 1. The molecule has 0 bridgehead atoms. The highest BCUT2D eigenvalue weighted by Crippen LogP contribution is 2.09. The molecule has 0 atom stereocenters. The van der Waals surface area contributed by atoms with Crippen LogP contribution in [0.25, 0.3) is 0 Å². The van der Waals surface area contributed by atoms with Gasteiger partial charge in [0, 0.05) is 6.54 Å². The summed E-state index contributed by atoms with van der Waals surface area (Å²) in [6.07, 6.45) is -0.557. The van der Waals surface area contributed by atoms with Crippen LogP contribution >= 0.6 is 0 Å². The van der Waals surface area contributed by atoms with Gasteiger partial charge in [-0.3, -0.25) is 4.79 Å². The molecular weight excluding hydrogens is 222 g/mol. The summed E-state index contributed by atoms with van der Waals surface area (Å²) in [5, 5.41) is 11.3. The molecule has 0 unspecified atom stereocenters. The minimum absolute atomic E-state index is 0.0549. The van der Waals surface area contributed by atoms with Crippen molar-refractivity contribution in [3.05, 3.63) is 35.4 Å². The predicted molar refractivity (Wildman–Crippen MR) is 61.6 cm³/mol. The maximum Gasteiger partial charge on any atom is 0.407 e. The number of alkyl carbamates (subject to hydrolysis) is 1. The molecule has 0 radical (unpaired) electrons. The molecule has 5 nitrogen and oxygen atoms in total. The van der Waals surface area contributed by atoms with Crippen molar-refractivity contribution in [1.82, 2.24) is 5.32 Å². The lowest BCUT2D eigenvalue weighted by molar-refractivity contribution is -0.136. The molecule has 1 rings (SSSR count). The second-order valence-corrected chi connectivity index (χ2v) is 3.41. The minimum Gasteiger partial charge on any atom is -0.481 e. The number of amides is 1. The third-order valence-electron chi connectivity index (χ3n) is 2.16. The number of rotatable bonds is 5. The van der Waals surface area contributed by atoms with Gasteiger partial charge in [-0.15, -0.1) is 0 Å². The van der Waals surface area contributed by atoms with Crippen LogP contribution in [0.2, 0.25) is 0 Å². The fraction of sp³-hybridized carbons (Fsp3) is 0.333. The van der Waals surface area contributed by atoms with Gasteiger partial charge < -0.3 is 15.2 Å². The summed E-state index contributed by atoms with van der Waals surface area (Å²) in [6, 6.07) is 7.08. The third-order valence-corrected chi connectivity index (χ3v) is 2.16. The number of hydrogen-bond acceptors (Lipinski definition) is 3. The van der Waals surface area contributed by atoms with Crippen LogP contribution in [-0.2, 0) is 22.5 Å². The normalized spacial score (nSPS) is 9.71. The zero-order chi connectivity index (χ0) is 12.7. The average molecular weight is 237 g/mol. The number of nitrogens with one attached hydrogen (secondary N) is 1. The van der Waals surface area contributed by atoms with Crippen molar-refractivity contribution in [2.75, 3.05) is 6.61 Å². The molecule has 17 heavy (non-hydrogen) atoms. The Bertz CT molecular complexity index is 403. The fourth-order valence-corrected chi connectivity index (χ4v) is 1.41. The van der Waals surface area contributed by atoms with Gasteiger partial charge in [-0.25, -0.2) is 4.79 Å². The van der Waals surface area contributed by atoms with E-state index in [2.05, 4.69) is 5.32 Å². The van der Waals surface area contributed by atoms with Crippen LogP contribution in [0.4, 0.5) is 4.79 Å². The molecule has 0 aliphatic rings. The molecule has 0 spiro atoms. The van der Waals surface area contributed by atoms with Crippen molar-refractivity contribution < 1.29 is 19.4 Å². The first-order valence-electron chi connectivity index (χ1n) is 5.32. The monoisotopic (exact) mass is 237 g/mol. The average Bonchev–Trinajstić information content (AvgIpc) is 2.27. The van der Waals surface area contributed by atoms with E-state index in [0.717, 1.165) is 5.56 Å². The van der Waals surface area contributed by atoms with Crippen molar-refractivity contribution in [2.45, 2.75) is 19.9 Å². The van der Waals surface area contributed by atoms with Crippen LogP contribution in [0.3, 0.4) is 0 Å². The van der Waals surface area contributed by atoms with E-state index in [1.165, 1.54) is 0 Å². The Kier molecular flexibility index (Phi) is 5.00. The maximum absolute atomic E-state index is 11.1. The topological polar surface area (TPSA) is 75.6 Å². The van der Waals surface area contributed by atoms with Gasteiger partial charge in [-0.1, -0.05) is 24.3 Å². The Morgan fingerprint density at radius 2 is 1.94 bits per heavy atom. The third kappa shape index (κ3) is 4.55. The van der Waals surface area contributed by atoms with E-state index in [-0.39, 0.29) is 13.0 Å². The first-order chi connectivity index (χ1) is 8.13. The van der Waals surface area contributed by atoms with Crippen molar-refractivity contribution in [1.29, 1.82) is 0 Å². The first-order valence-corrected chi connectivity index (χ1v) is 5.32. The molecule has 1 aromatic rings. The Hall–Kier alpha value is -2.04. The van der Waals surface area contributed by atoms with E-state index < -0.39 is 12.1 Å². The van der Waals surface area contributed by atoms with Gasteiger partial charge in [0.2, 0.25) is 0 Å². The SMILES string of the molecule is CCOC(=O)NCc1ccccc1CC(=O)O. The van der Waals surface area contributed by atoms with E-state index in [1.807, 2.05) is 0 Å². The van der Waals surface area contributed by atoms with Gasteiger partial charge >= 0.3 is 12.1 Å². The highest BCUT2D eigenvalue weighted by atomic mass is 16.5. The number of hydrogen-bond donors (Lipinski definition) is 2. The minimum atomic E-state index is -0.895. The summed E-state index contributed by atoms with van der Waals surface area (Å²) in [5.41, 5.74) is 1.47. The van der Waals surface area contributed by atoms with Gasteiger partial charge in [0.15, 0.2) is 0 Å². The summed E-state index contributed by atoms with van der Waals surface area (Å²) in [5.74, 6) is -0.895. The lowest BCUT2D eigenvalue weighted by Crippen LogP contribution is -2.24. The number of carboxylic acids is 1. The van der Waals surface area contributed by atoms with Crippen molar-refractivity contribution in [2.24, 2.45) is 0 Å². The van der Waals surface area contributed by atoms with E-state index in [4.69, 9.17) is 9.84 Å². The van der Waals surface area contributed by atoms with E-state index >= 15 is 0 Å². The second kappa shape index (κ2) is 6.52. The number of carbonyl (C=O) groups excluding carboxylic acids is 1. The quantitative estimate of drug-likeness (QED) is 0.814. The zero-order valence-corrected chi connectivity index (χ0v) is 9.60. The fourth-order valence-electron chi connectivity index (χ4n) is 1.41. The molecule has 1 amide bonds. The Labute approximate surface area is 99.4 Å². The number of carbonyl (C=O) groups is 2. The maximum atomic E-state index is 11.1. The van der Waals surface area contributed by atoms with E-state index in [9.17, 15) is 9.59 Å². The molecule has 0 saturated carbocycles. The van der Waals surface area contributed by atoms with Crippen molar-refractivity contribution in [3.63, 3.8) is 0 Å².